The number of carbonyl (C=O) groups is 2. The number of amides is 1. The summed E-state index contributed by atoms with van der Waals surface area (Å²) in [5, 5.41) is 2.71. The van der Waals surface area contributed by atoms with Crippen molar-refractivity contribution in [2.45, 2.75) is 39.2 Å². The second-order valence-electron chi connectivity index (χ2n) is 5.03. The highest BCUT2D eigenvalue weighted by Gasteiger charge is 2.39. The summed E-state index contributed by atoms with van der Waals surface area (Å²) in [5.41, 5.74) is 3.29. The van der Waals surface area contributed by atoms with Gasteiger partial charge >= 0.3 is 5.97 Å². The zero-order chi connectivity index (χ0) is 14.0. The first-order chi connectivity index (χ1) is 9.01. The van der Waals surface area contributed by atoms with Crippen molar-refractivity contribution in [1.82, 2.24) is 5.32 Å². The molecule has 102 valence electrons. The van der Waals surface area contributed by atoms with Crippen LogP contribution in [0.3, 0.4) is 0 Å². The Hall–Kier alpha value is -1.84. The van der Waals surface area contributed by atoms with Crippen molar-refractivity contribution in [1.29, 1.82) is 0 Å². The molecule has 1 aliphatic rings. The number of hydrogen-bond acceptors (Lipinski definition) is 3. The highest BCUT2D eigenvalue weighted by atomic mass is 16.5. The van der Waals surface area contributed by atoms with Crippen LogP contribution in [0.1, 0.15) is 36.0 Å². The first kappa shape index (κ1) is 13.6. The Bertz CT molecular complexity index is 490. The number of ether oxygens (including phenoxy) is 1. The number of rotatable bonds is 3. The van der Waals surface area contributed by atoms with Gasteiger partial charge in [0.15, 0.2) is 0 Å². The van der Waals surface area contributed by atoms with Gasteiger partial charge in [0.2, 0.25) is 5.91 Å². The second kappa shape index (κ2) is 5.43. The maximum Gasteiger partial charge on any atom is 0.329 e. The summed E-state index contributed by atoms with van der Waals surface area (Å²) in [6, 6.07) is 5.58. The van der Waals surface area contributed by atoms with Crippen molar-refractivity contribution in [2.75, 3.05) is 6.61 Å². The number of hydrogen-bond donors (Lipinski definition) is 1. The van der Waals surface area contributed by atoms with E-state index in [4.69, 9.17) is 4.74 Å². The average Bonchev–Trinajstić information content (AvgIpc) is 2.70. The Balaban J connectivity index is 2.30. The van der Waals surface area contributed by atoms with Crippen LogP contribution in [0, 0.1) is 13.8 Å². The molecule has 0 radical (unpaired) electrons. The van der Waals surface area contributed by atoms with Crippen LogP contribution < -0.4 is 5.32 Å². The van der Waals surface area contributed by atoms with Gasteiger partial charge in [-0.2, -0.15) is 0 Å². The molecule has 0 aromatic heterocycles. The van der Waals surface area contributed by atoms with Gasteiger partial charge in [0.1, 0.15) is 6.04 Å². The molecule has 2 unspecified atom stereocenters. The minimum atomic E-state index is -0.561. The lowest BCUT2D eigenvalue weighted by Gasteiger charge is -2.18. The SMILES string of the molecule is CCOC(=O)C1NC(=O)CC1c1cc(C)cc(C)c1. The standard InChI is InChI=1S/C15H19NO3/c1-4-19-15(18)14-12(8-13(17)16-14)11-6-9(2)5-10(3)7-11/h5-7,12,14H,4,8H2,1-3H3,(H,16,17). The summed E-state index contributed by atoms with van der Waals surface area (Å²) in [5.74, 6) is -0.579. The van der Waals surface area contributed by atoms with Gasteiger partial charge in [-0.05, 0) is 26.3 Å². The minimum Gasteiger partial charge on any atom is -0.464 e. The molecule has 1 aliphatic heterocycles. The molecule has 4 nitrogen and oxygen atoms in total. The minimum absolute atomic E-state index is 0.0952. The largest absolute Gasteiger partial charge is 0.464 e. The zero-order valence-corrected chi connectivity index (χ0v) is 11.5. The predicted octanol–water partition coefficient (Wildman–Crippen LogP) is 1.84. The number of carbonyl (C=O) groups excluding carboxylic acids is 2. The molecule has 2 atom stereocenters. The van der Waals surface area contributed by atoms with Crippen LogP contribution >= 0.6 is 0 Å². The summed E-state index contributed by atoms with van der Waals surface area (Å²) < 4.78 is 5.03. The number of esters is 1. The molecule has 1 fully saturated rings. The lowest BCUT2D eigenvalue weighted by atomic mass is 9.89. The second-order valence-corrected chi connectivity index (χ2v) is 5.03. The van der Waals surface area contributed by atoms with Crippen molar-refractivity contribution in [3.8, 4) is 0 Å². The van der Waals surface area contributed by atoms with Crippen LogP contribution in [0.4, 0.5) is 0 Å². The molecule has 1 aromatic carbocycles. The third kappa shape index (κ3) is 2.95. The van der Waals surface area contributed by atoms with Crippen LogP contribution in [0.5, 0.6) is 0 Å². The van der Waals surface area contributed by atoms with Crippen molar-refractivity contribution in [3.63, 3.8) is 0 Å². The Kier molecular flexibility index (Phi) is 3.88. The molecule has 4 heteroatoms. The molecule has 0 bridgehead atoms. The van der Waals surface area contributed by atoms with E-state index in [1.54, 1.807) is 6.92 Å². The topological polar surface area (TPSA) is 55.4 Å². The van der Waals surface area contributed by atoms with Crippen molar-refractivity contribution in [2.24, 2.45) is 0 Å². The van der Waals surface area contributed by atoms with E-state index in [9.17, 15) is 9.59 Å². The lowest BCUT2D eigenvalue weighted by molar-refractivity contribution is -0.146. The van der Waals surface area contributed by atoms with Crippen LogP contribution in [0.2, 0.25) is 0 Å². The highest BCUT2D eigenvalue weighted by molar-refractivity contribution is 5.90. The monoisotopic (exact) mass is 261 g/mol. The zero-order valence-electron chi connectivity index (χ0n) is 11.5. The van der Waals surface area contributed by atoms with Crippen molar-refractivity contribution < 1.29 is 14.3 Å². The van der Waals surface area contributed by atoms with E-state index >= 15 is 0 Å². The fourth-order valence-corrected chi connectivity index (χ4v) is 2.64. The number of nitrogens with one attached hydrogen (secondary N) is 1. The summed E-state index contributed by atoms with van der Waals surface area (Å²) >= 11 is 0. The van der Waals surface area contributed by atoms with Gasteiger partial charge in [0.25, 0.3) is 0 Å². The van der Waals surface area contributed by atoms with Gasteiger partial charge in [-0.25, -0.2) is 4.79 Å². The van der Waals surface area contributed by atoms with E-state index in [1.807, 2.05) is 26.0 Å². The first-order valence-electron chi connectivity index (χ1n) is 6.55. The van der Waals surface area contributed by atoms with E-state index in [0.717, 1.165) is 16.7 Å². The maximum absolute atomic E-state index is 11.9. The third-order valence-corrected chi connectivity index (χ3v) is 3.34. The molecule has 1 amide bonds. The highest BCUT2D eigenvalue weighted by Crippen LogP contribution is 2.30. The fourth-order valence-electron chi connectivity index (χ4n) is 2.64. The Morgan fingerprint density at radius 2 is 1.95 bits per heavy atom. The van der Waals surface area contributed by atoms with Gasteiger partial charge in [-0.15, -0.1) is 0 Å². The summed E-state index contributed by atoms with van der Waals surface area (Å²) in [6.45, 7) is 6.12. The van der Waals surface area contributed by atoms with Crippen LogP contribution in [0.25, 0.3) is 0 Å². The molecule has 1 saturated heterocycles. The van der Waals surface area contributed by atoms with E-state index in [1.165, 1.54) is 0 Å². The predicted molar refractivity (Wildman–Crippen MR) is 71.8 cm³/mol. The molecule has 0 saturated carbocycles. The molecule has 1 aromatic rings. The maximum atomic E-state index is 11.9. The summed E-state index contributed by atoms with van der Waals surface area (Å²) in [7, 11) is 0. The van der Waals surface area contributed by atoms with E-state index in [2.05, 4.69) is 11.4 Å². The van der Waals surface area contributed by atoms with E-state index in [-0.39, 0.29) is 17.8 Å². The quantitative estimate of drug-likeness (QED) is 0.845. The molecule has 1 N–H and O–H groups in total. The average molecular weight is 261 g/mol. The number of benzene rings is 1. The Morgan fingerprint density at radius 3 is 2.53 bits per heavy atom. The van der Waals surface area contributed by atoms with Crippen LogP contribution in [-0.4, -0.2) is 24.5 Å². The van der Waals surface area contributed by atoms with Gasteiger partial charge < -0.3 is 10.1 Å². The van der Waals surface area contributed by atoms with Crippen molar-refractivity contribution >= 4 is 11.9 Å². The Morgan fingerprint density at radius 1 is 1.32 bits per heavy atom. The van der Waals surface area contributed by atoms with E-state index in [0.29, 0.717) is 13.0 Å². The molecule has 2 rings (SSSR count). The molecular formula is C15H19NO3. The van der Waals surface area contributed by atoms with Gasteiger partial charge in [-0.1, -0.05) is 29.3 Å². The van der Waals surface area contributed by atoms with Crippen LogP contribution in [0.15, 0.2) is 18.2 Å². The molecule has 0 aliphatic carbocycles. The summed E-state index contributed by atoms with van der Waals surface area (Å²) in [6.07, 6.45) is 0.340. The van der Waals surface area contributed by atoms with Gasteiger partial charge in [0.05, 0.1) is 6.61 Å². The lowest BCUT2D eigenvalue weighted by Crippen LogP contribution is -2.37. The normalized spacial score (nSPS) is 22.2. The molecular weight excluding hydrogens is 242 g/mol. The van der Waals surface area contributed by atoms with Crippen molar-refractivity contribution in [3.05, 3.63) is 34.9 Å². The molecule has 19 heavy (non-hydrogen) atoms. The Labute approximate surface area is 113 Å². The van der Waals surface area contributed by atoms with Gasteiger partial charge in [-0.3, -0.25) is 4.79 Å². The first-order valence-corrected chi connectivity index (χ1v) is 6.55. The smallest absolute Gasteiger partial charge is 0.329 e. The van der Waals surface area contributed by atoms with Crippen LogP contribution in [-0.2, 0) is 14.3 Å². The third-order valence-electron chi connectivity index (χ3n) is 3.34. The van der Waals surface area contributed by atoms with E-state index < -0.39 is 6.04 Å². The molecule has 1 heterocycles. The van der Waals surface area contributed by atoms with Gasteiger partial charge in [0, 0.05) is 12.3 Å². The fraction of sp³-hybridized carbons (Fsp3) is 0.467. The molecule has 0 spiro atoms. The summed E-state index contributed by atoms with van der Waals surface area (Å²) in [4.78, 5) is 23.5. The number of aryl methyl sites for hydroxylation is 2.